The van der Waals surface area contributed by atoms with Crippen LogP contribution in [0.4, 0.5) is 0 Å². The van der Waals surface area contributed by atoms with Crippen LogP contribution in [0.3, 0.4) is 0 Å². The molecule has 0 spiro atoms. The molecule has 1 aliphatic heterocycles. The van der Waals surface area contributed by atoms with E-state index in [1.807, 2.05) is 0 Å². The molecule has 2 atom stereocenters. The van der Waals surface area contributed by atoms with Gasteiger partial charge in [-0.15, -0.1) is 0 Å². The third-order valence-corrected chi connectivity index (χ3v) is 2.88. The Bertz CT molecular complexity index is 157. The Hall–Kier alpha value is -0.120. The standard InChI is InChI=1S/C11H24N2O/c1-5-13(6-2)11-8-14-7-10(11)12-9(3)4/h9-12H,5-8H2,1-4H3/t10-,11?/m0/s1. The number of likely N-dealkylation sites (N-methyl/N-ethyl adjacent to an activating group) is 1. The van der Waals surface area contributed by atoms with E-state index in [1.165, 1.54) is 0 Å². The van der Waals surface area contributed by atoms with Crippen molar-refractivity contribution in [2.75, 3.05) is 26.3 Å². The Labute approximate surface area is 87.8 Å². The van der Waals surface area contributed by atoms with Crippen molar-refractivity contribution in [2.45, 2.75) is 45.8 Å². The Morgan fingerprint density at radius 3 is 2.43 bits per heavy atom. The first kappa shape index (κ1) is 12.0. The Kier molecular flexibility index (Phi) is 4.85. The monoisotopic (exact) mass is 200 g/mol. The quantitative estimate of drug-likeness (QED) is 0.719. The SMILES string of the molecule is CCN(CC)C1COC[C@@H]1NC(C)C. The molecule has 14 heavy (non-hydrogen) atoms. The fraction of sp³-hybridized carbons (Fsp3) is 1.00. The summed E-state index contributed by atoms with van der Waals surface area (Å²) >= 11 is 0. The van der Waals surface area contributed by atoms with Crippen molar-refractivity contribution in [1.82, 2.24) is 10.2 Å². The van der Waals surface area contributed by atoms with E-state index in [4.69, 9.17) is 4.74 Å². The lowest BCUT2D eigenvalue weighted by atomic mass is 10.1. The smallest absolute Gasteiger partial charge is 0.0638 e. The third kappa shape index (κ3) is 2.94. The zero-order chi connectivity index (χ0) is 10.6. The summed E-state index contributed by atoms with van der Waals surface area (Å²) in [6.07, 6.45) is 0. The van der Waals surface area contributed by atoms with Crippen LogP contribution in [-0.4, -0.2) is 49.3 Å². The van der Waals surface area contributed by atoms with Crippen LogP contribution in [-0.2, 0) is 4.74 Å². The molecule has 0 amide bonds. The van der Waals surface area contributed by atoms with E-state index in [-0.39, 0.29) is 0 Å². The summed E-state index contributed by atoms with van der Waals surface area (Å²) in [5.74, 6) is 0. The minimum Gasteiger partial charge on any atom is -0.378 e. The largest absolute Gasteiger partial charge is 0.378 e. The molecule has 1 aliphatic rings. The molecule has 0 aromatic heterocycles. The highest BCUT2D eigenvalue weighted by Gasteiger charge is 2.31. The van der Waals surface area contributed by atoms with Crippen LogP contribution < -0.4 is 5.32 Å². The molecule has 0 aromatic rings. The first-order valence-electron chi connectivity index (χ1n) is 5.76. The fourth-order valence-electron chi connectivity index (χ4n) is 2.18. The van der Waals surface area contributed by atoms with Gasteiger partial charge in [-0.3, -0.25) is 4.90 Å². The van der Waals surface area contributed by atoms with Gasteiger partial charge in [-0.05, 0) is 13.1 Å². The van der Waals surface area contributed by atoms with Gasteiger partial charge in [0.25, 0.3) is 0 Å². The van der Waals surface area contributed by atoms with Crippen molar-refractivity contribution < 1.29 is 4.74 Å². The van der Waals surface area contributed by atoms with Crippen molar-refractivity contribution in [1.29, 1.82) is 0 Å². The van der Waals surface area contributed by atoms with Crippen molar-refractivity contribution in [3.8, 4) is 0 Å². The molecule has 84 valence electrons. The van der Waals surface area contributed by atoms with Gasteiger partial charge in [0.2, 0.25) is 0 Å². The molecule has 3 heteroatoms. The maximum atomic E-state index is 5.55. The fourth-order valence-corrected chi connectivity index (χ4v) is 2.18. The van der Waals surface area contributed by atoms with E-state index in [0.29, 0.717) is 18.1 Å². The summed E-state index contributed by atoms with van der Waals surface area (Å²) in [4.78, 5) is 2.48. The predicted octanol–water partition coefficient (Wildman–Crippen LogP) is 1.09. The van der Waals surface area contributed by atoms with E-state index < -0.39 is 0 Å². The first-order chi connectivity index (χ1) is 6.69. The summed E-state index contributed by atoms with van der Waals surface area (Å²) in [5, 5.41) is 3.57. The maximum absolute atomic E-state index is 5.55. The summed E-state index contributed by atoms with van der Waals surface area (Å²) in [6, 6.07) is 1.61. The Morgan fingerprint density at radius 1 is 1.29 bits per heavy atom. The second-order valence-electron chi connectivity index (χ2n) is 4.25. The minimum atomic E-state index is 0.509. The zero-order valence-electron chi connectivity index (χ0n) is 9.92. The molecule has 1 unspecified atom stereocenters. The Morgan fingerprint density at radius 2 is 1.93 bits per heavy atom. The van der Waals surface area contributed by atoms with Gasteiger partial charge in [0.05, 0.1) is 19.3 Å². The van der Waals surface area contributed by atoms with E-state index in [9.17, 15) is 0 Å². The predicted molar refractivity (Wildman–Crippen MR) is 59.6 cm³/mol. The van der Waals surface area contributed by atoms with E-state index in [1.54, 1.807) is 0 Å². The van der Waals surface area contributed by atoms with E-state index in [2.05, 4.69) is 37.9 Å². The van der Waals surface area contributed by atoms with Crippen LogP contribution in [0.25, 0.3) is 0 Å². The van der Waals surface area contributed by atoms with Gasteiger partial charge in [0.15, 0.2) is 0 Å². The van der Waals surface area contributed by atoms with Gasteiger partial charge >= 0.3 is 0 Å². The number of rotatable bonds is 5. The lowest BCUT2D eigenvalue weighted by Crippen LogP contribution is -2.51. The van der Waals surface area contributed by atoms with Crippen LogP contribution in [0.15, 0.2) is 0 Å². The van der Waals surface area contributed by atoms with Crippen LogP contribution in [0.1, 0.15) is 27.7 Å². The summed E-state index contributed by atoms with van der Waals surface area (Å²) in [6.45, 7) is 12.8. The molecule has 0 aromatic carbocycles. The second-order valence-corrected chi connectivity index (χ2v) is 4.25. The van der Waals surface area contributed by atoms with E-state index >= 15 is 0 Å². The van der Waals surface area contributed by atoms with Crippen molar-refractivity contribution in [2.24, 2.45) is 0 Å². The van der Waals surface area contributed by atoms with Gasteiger partial charge in [-0.1, -0.05) is 27.7 Å². The lowest BCUT2D eigenvalue weighted by molar-refractivity contribution is 0.150. The number of nitrogens with one attached hydrogen (secondary N) is 1. The molecule has 3 nitrogen and oxygen atoms in total. The summed E-state index contributed by atoms with van der Waals surface area (Å²) in [7, 11) is 0. The zero-order valence-corrected chi connectivity index (χ0v) is 9.92. The molecule has 1 rings (SSSR count). The average Bonchev–Trinajstić information content (AvgIpc) is 2.55. The topological polar surface area (TPSA) is 24.5 Å². The lowest BCUT2D eigenvalue weighted by Gasteiger charge is -2.31. The van der Waals surface area contributed by atoms with Crippen molar-refractivity contribution in [3.05, 3.63) is 0 Å². The number of nitrogens with zero attached hydrogens (tertiary/aromatic N) is 1. The third-order valence-electron chi connectivity index (χ3n) is 2.88. The summed E-state index contributed by atoms with van der Waals surface area (Å²) < 4.78 is 5.55. The molecule has 0 bridgehead atoms. The van der Waals surface area contributed by atoms with Gasteiger partial charge in [-0.25, -0.2) is 0 Å². The molecule has 1 heterocycles. The highest BCUT2D eigenvalue weighted by atomic mass is 16.5. The Balaban J connectivity index is 2.49. The van der Waals surface area contributed by atoms with Gasteiger partial charge < -0.3 is 10.1 Å². The minimum absolute atomic E-state index is 0.509. The van der Waals surface area contributed by atoms with E-state index in [0.717, 1.165) is 26.3 Å². The first-order valence-corrected chi connectivity index (χ1v) is 5.76. The van der Waals surface area contributed by atoms with Gasteiger partial charge in [0, 0.05) is 12.1 Å². The molecule has 1 saturated heterocycles. The average molecular weight is 200 g/mol. The maximum Gasteiger partial charge on any atom is 0.0638 e. The van der Waals surface area contributed by atoms with Crippen LogP contribution in [0.2, 0.25) is 0 Å². The van der Waals surface area contributed by atoms with Crippen LogP contribution in [0.5, 0.6) is 0 Å². The van der Waals surface area contributed by atoms with Gasteiger partial charge in [0.1, 0.15) is 0 Å². The highest BCUT2D eigenvalue weighted by Crippen LogP contribution is 2.13. The normalized spacial score (nSPS) is 27.9. The molecular formula is C11H24N2O. The van der Waals surface area contributed by atoms with Crippen molar-refractivity contribution >= 4 is 0 Å². The number of hydrogen-bond acceptors (Lipinski definition) is 3. The molecule has 0 saturated carbocycles. The van der Waals surface area contributed by atoms with Crippen molar-refractivity contribution in [3.63, 3.8) is 0 Å². The number of hydrogen-bond donors (Lipinski definition) is 1. The second kappa shape index (κ2) is 5.69. The molecule has 0 radical (unpaired) electrons. The number of ether oxygens (including phenoxy) is 1. The van der Waals surface area contributed by atoms with Gasteiger partial charge in [-0.2, -0.15) is 0 Å². The molecular weight excluding hydrogens is 176 g/mol. The van der Waals surface area contributed by atoms with Crippen LogP contribution >= 0.6 is 0 Å². The molecule has 1 fully saturated rings. The summed E-state index contributed by atoms with van der Waals surface area (Å²) in [5.41, 5.74) is 0. The van der Waals surface area contributed by atoms with Crippen LogP contribution in [0, 0.1) is 0 Å². The molecule has 1 N–H and O–H groups in total. The highest BCUT2D eigenvalue weighted by molar-refractivity contribution is 4.89. The molecule has 0 aliphatic carbocycles.